The summed E-state index contributed by atoms with van der Waals surface area (Å²) in [5.41, 5.74) is 3.48. The predicted molar refractivity (Wildman–Crippen MR) is 247 cm³/mol. The van der Waals surface area contributed by atoms with Crippen LogP contribution < -0.4 is 21.3 Å². The van der Waals surface area contributed by atoms with Crippen LogP contribution in [0.1, 0.15) is 96.6 Å². The second-order valence-corrected chi connectivity index (χ2v) is 18.7. The highest BCUT2D eigenvalue weighted by molar-refractivity contribution is 6.31. The van der Waals surface area contributed by atoms with Gasteiger partial charge < -0.3 is 21.3 Å². The fraction of sp³-hybridized carbons (Fsp3) is 0.417. The quantitative estimate of drug-likeness (QED) is 0.106. The molecular formula is C48H54Cl4N6O4. The molecule has 0 aliphatic carbocycles. The lowest BCUT2D eigenvalue weighted by Crippen LogP contribution is -2.53. The molecule has 6 atom stereocenters. The highest BCUT2D eigenvalue weighted by Crippen LogP contribution is 2.38. The number of carbonyl (C=O) groups is 4. The van der Waals surface area contributed by atoms with E-state index in [1.165, 1.54) is 24.0 Å². The molecule has 4 aromatic rings. The van der Waals surface area contributed by atoms with Gasteiger partial charge in [-0.15, -0.1) is 0 Å². The molecule has 4 heterocycles. The molecule has 0 radical (unpaired) electrons. The van der Waals surface area contributed by atoms with Crippen molar-refractivity contribution in [2.45, 2.75) is 120 Å². The number of hydrogen-bond acceptors (Lipinski definition) is 6. The molecule has 4 aliphatic heterocycles. The maximum Gasteiger partial charge on any atom is 0.251 e. The van der Waals surface area contributed by atoms with Gasteiger partial charge in [-0.05, 0) is 130 Å². The van der Waals surface area contributed by atoms with Gasteiger partial charge in [0, 0.05) is 93.5 Å². The zero-order valence-electron chi connectivity index (χ0n) is 34.8. The van der Waals surface area contributed by atoms with Crippen molar-refractivity contribution >= 4 is 70.0 Å². The average molecular weight is 921 g/mol. The lowest BCUT2D eigenvalue weighted by Gasteiger charge is -2.39. The molecule has 4 aliphatic rings. The summed E-state index contributed by atoms with van der Waals surface area (Å²) < 4.78 is 0. The predicted octanol–water partition coefficient (Wildman–Crippen LogP) is 8.85. The van der Waals surface area contributed by atoms with Gasteiger partial charge in [0.2, 0.25) is 11.8 Å². The van der Waals surface area contributed by atoms with Crippen molar-refractivity contribution in [2.24, 2.45) is 0 Å². The number of nitrogens with one attached hydrogen (secondary N) is 4. The first-order valence-corrected chi connectivity index (χ1v) is 23.1. The van der Waals surface area contributed by atoms with Gasteiger partial charge in [0.1, 0.15) is 6.04 Å². The fourth-order valence-corrected chi connectivity index (χ4v) is 10.2. The van der Waals surface area contributed by atoms with E-state index in [1.807, 2.05) is 24.3 Å². The maximum absolute atomic E-state index is 12.7. The van der Waals surface area contributed by atoms with E-state index in [0.29, 0.717) is 51.9 Å². The molecule has 5 unspecified atom stereocenters. The molecule has 14 heteroatoms. The first-order valence-electron chi connectivity index (χ1n) is 21.6. The number of nitrogens with zero attached hydrogens (tertiary/aromatic N) is 2. The fourth-order valence-electron chi connectivity index (χ4n) is 9.52. The van der Waals surface area contributed by atoms with Crippen molar-refractivity contribution in [2.75, 3.05) is 6.54 Å². The van der Waals surface area contributed by atoms with E-state index >= 15 is 0 Å². The van der Waals surface area contributed by atoms with Crippen LogP contribution in [0.2, 0.25) is 20.1 Å². The van der Waals surface area contributed by atoms with E-state index in [-0.39, 0.29) is 42.1 Å². The van der Waals surface area contributed by atoms with Gasteiger partial charge in [-0.2, -0.15) is 0 Å². The molecule has 10 nitrogen and oxygen atoms in total. The Hall–Kier alpha value is -4.16. The summed E-state index contributed by atoms with van der Waals surface area (Å²) in [4.78, 5) is 54.8. The zero-order valence-corrected chi connectivity index (χ0v) is 37.8. The van der Waals surface area contributed by atoms with Gasteiger partial charge in [-0.25, -0.2) is 0 Å². The Balaban J connectivity index is 0.000000186. The van der Waals surface area contributed by atoms with Crippen LogP contribution >= 0.6 is 46.4 Å². The molecule has 4 amide bonds. The number of fused-ring (bicyclic) bond motifs is 4. The number of carbonyl (C=O) groups excluding carboxylic acids is 4. The minimum atomic E-state index is -0.615. The van der Waals surface area contributed by atoms with Crippen LogP contribution in [0.15, 0.2) is 97.1 Å². The monoisotopic (exact) mass is 918 g/mol. The van der Waals surface area contributed by atoms with Gasteiger partial charge in [0.15, 0.2) is 0 Å². The number of rotatable bonds is 13. The highest BCUT2D eigenvalue weighted by atomic mass is 35.5. The van der Waals surface area contributed by atoms with Crippen LogP contribution in [-0.4, -0.2) is 82.3 Å². The second kappa shape index (κ2) is 21.5. The minimum absolute atomic E-state index is 0.0121. The SMILES string of the molecule is CC(NC(=O)c1cccc(Cl)c1)C(=O)NC1CC2CC[C@@H](C1)N2Cc1ccc(Cl)cc1.O=C(CCNC(=O)c1cccc(Cl)c1)NC1CC2CCC(C1)N2Cc1ccc(Cl)cc1. The Bertz CT molecular complexity index is 2160. The van der Waals surface area contributed by atoms with Crippen molar-refractivity contribution < 1.29 is 19.2 Å². The topological polar surface area (TPSA) is 123 Å². The first kappa shape index (κ1) is 45.9. The third-order valence-electron chi connectivity index (χ3n) is 12.6. The molecule has 328 valence electrons. The van der Waals surface area contributed by atoms with E-state index in [9.17, 15) is 19.2 Å². The molecular weight excluding hydrogens is 866 g/mol. The third-order valence-corrected chi connectivity index (χ3v) is 13.6. The Kier molecular flexibility index (Phi) is 15.9. The molecule has 4 N–H and O–H groups in total. The molecule has 0 aromatic heterocycles. The molecule has 62 heavy (non-hydrogen) atoms. The largest absolute Gasteiger partial charge is 0.353 e. The lowest BCUT2D eigenvalue weighted by molar-refractivity contribution is -0.124. The molecule has 4 fully saturated rings. The summed E-state index contributed by atoms with van der Waals surface area (Å²) in [6, 6.07) is 31.2. The number of halogens is 4. The summed E-state index contributed by atoms with van der Waals surface area (Å²) in [6.45, 7) is 3.86. The van der Waals surface area contributed by atoms with Gasteiger partial charge in [-0.3, -0.25) is 29.0 Å². The van der Waals surface area contributed by atoms with E-state index in [4.69, 9.17) is 46.4 Å². The van der Waals surface area contributed by atoms with Crippen molar-refractivity contribution in [3.05, 3.63) is 139 Å². The number of benzene rings is 4. The molecule has 0 spiro atoms. The highest BCUT2D eigenvalue weighted by Gasteiger charge is 2.42. The summed E-state index contributed by atoms with van der Waals surface area (Å²) in [6.07, 6.45) is 8.77. The van der Waals surface area contributed by atoms with E-state index in [1.54, 1.807) is 55.5 Å². The van der Waals surface area contributed by atoms with Crippen LogP contribution in [0.4, 0.5) is 0 Å². The van der Waals surface area contributed by atoms with Crippen LogP contribution in [-0.2, 0) is 22.7 Å². The zero-order chi connectivity index (χ0) is 43.8. The molecule has 4 aromatic carbocycles. The van der Waals surface area contributed by atoms with Crippen LogP contribution in [0.5, 0.6) is 0 Å². The van der Waals surface area contributed by atoms with Crippen LogP contribution in [0.25, 0.3) is 0 Å². The molecule has 4 bridgehead atoms. The summed E-state index contributed by atoms with van der Waals surface area (Å²) >= 11 is 23.9. The van der Waals surface area contributed by atoms with E-state index in [2.05, 4.69) is 55.3 Å². The summed E-state index contributed by atoms with van der Waals surface area (Å²) in [7, 11) is 0. The van der Waals surface area contributed by atoms with Gasteiger partial charge in [-0.1, -0.05) is 82.8 Å². The number of amides is 4. The summed E-state index contributed by atoms with van der Waals surface area (Å²) in [5.74, 6) is -0.681. The Morgan fingerprint density at radius 2 is 1.02 bits per heavy atom. The Morgan fingerprint density at radius 1 is 0.581 bits per heavy atom. The van der Waals surface area contributed by atoms with Crippen LogP contribution in [0.3, 0.4) is 0 Å². The van der Waals surface area contributed by atoms with Crippen molar-refractivity contribution in [3.63, 3.8) is 0 Å². The smallest absolute Gasteiger partial charge is 0.251 e. The van der Waals surface area contributed by atoms with Gasteiger partial charge >= 0.3 is 0 Å². The lowest BCUT2D eigenvalue weighted by atomic mass is 9.96. The summed E-state index contributed by atoms with van der Waals surface area (Å²) in [5, 5.41) is 14.4. The normalized spacial score (nSPS) is 23.4. The molecule has 8 rings (SSSR count). The van der Waals surface area contributed by atoms with E-state index < -0.39 is 6.04 Å². The van der Waals surface area contributed by atoms with Crippen LogP contribution in [0, 0.1) is 0 Å². The molecule has 0 saturated carbocycles. The van der Waals surface area contributed by atoms with Crippen molar-refractivity contribution in [1.82, 2.24) is 31.1 Å². The average Bonchev–Trinajstić information content (AvgIpc) is 3.61. The van der Waals surface area contributed by atoms with E-state index in [0.717, 1.165) is 61.7 Å². The third kappa shape index (κ3) is 12.5. The number of hydrogen-bond donors (Lipinski definition) is 4. The van der Waals surface area contributed by atoms with Gasteiger partial charge in [0.05, 0.1) is 0 Å². The van der Waals surface area contributed by atoms with Crippen molar-refractivity contribution in [3.8, 4) is 0 Å². The van der Waals surface area contributed by atoms with Crippen molar-refractivity contribution in [1.29, 1.82) is 0 Å². The first-order chi connectivity index (χ1) is 29.9. The second-order valence-electron chi connectivity index (χ2n) is 17.0. The Morgan fingerprint density at radius 3 is 1.47 bits per heavy atom. The maximum atomic E-state index is 12.7. The van der Waals surface area contributed by atoms with Gasteiger partial charge in [0.25, 0.3) is 11.8 Å². The minimum Gasteiger partial charge on any atom is -0.353 e. The standard InChI is InChI=1S/2C24H27Cl2N3O2/c1-15(27-24(31)17-3-2-4-19(26)11-17)23(30)28-20-12-21-9-10-22(13-20)29(21)14-16-5-7-18(25)8-6-16;25-18-6-4-16(5-7-18)15-29-21-8-9-22(29)14-20(13-21)28-23(30)10-11-27-24(31)17-2-1-3-19(26)12-17/h2-8,11,15,20-22H,9-10,12-14H2,1H3,(H,27,31)(H,28,30);1-7,12,20-22H,8-11,13-15H2,(H,27,31)(H,28,30)/t15?,20?,21-,22?;/m0./s1. The Labute approximate surface area is 384 Å². The number of piperidine rings is 2. The molecule has 4 saturated heterocycles.